The summed E-state index contributed by atoms with van der Waals surface area (Å²) in [4.78, 5) is 27.7. The van der Waals surface area contributed by atoms with Gasteiger partial charge < -0.3 is 14.2 Å². The number of pyridine rings is 1. The van der Waals surface area contributed by atoms with Crippen molar-refractivity contribution in [3.8, 4) is 11.5 Å². The first-order valence-electron chi connectivity index (χ1n) is 8.74. The van der Waals surface area contributed by atoms with Crippen LogP contribution in [0.1, 0.15) is 35.8 Å². The molecule has 0 spiro atoms. The first kappa shape index (κ1) is 20.2. The van der Waals surface area contributed by atoms with Gasteiger partial charge in [0.15, 0.2) is 17.3 Å². The van der Waals surface area contributed by atoms with Crippen molar-refractivity contribution in [2.75, 3.05) is 20.3 Å². The molecule has 1 heterocycles. The maximum absolute atomic E-state index is 12.1. The molecule has 0 aliphatic carbocycles. The van der Waals surface area contributed by atoms with Crippen LogP contribution in [0.4, 0.5) is 0 Å². The normalized spacial score (nSPS) is 10.6. The number of benzene rings is 1. The molecule has 0 unspecified atom stereocenters. The van der Waals surface area contributed by atoms with E-state index in [1.807, 2.05) is 18.2 Å². The molecule has 1 aromatic heterocycles. The van der Waals surface area contributed by atoms with E-state index >= 15 is 0 Å². The highest BCUT2D eigenvalue weighted by Gasteiger charge is 2.08. The molecule has 0 saturated heterocycles. The largest absolute Gasteiger partial charge is 0.491 e. The zero-order valence-corrected chi connectivity index (χ0v) is 15.5. The number of aromatic nitrogens is 1. The Kier molecular flexibility index (Phi) is 8.03. The number of nitrogens with zero attached hydrogens (tertiary/aromatic N) is 1. The quantitative estimate of drug-likeness (QED) is 0.275. The van der Waals surface area contributed by atoms with Crippen molar-refractivity contribution in [3.63, 3.8) is 0 Å². The SMILES string of the molecule is CCOC(=O)CCCOc1cc(C=CC(=O)c2ccccc2)ncc1OC. The number of esters is 1. The number of methoxy groups -OCH3 is 1. The summed E-state index contributed by atoms with van der Waals surface area (Å²) in [7, 11) is 1.52. The Bertz CT molecular complexity index is 786. The fourth-order valence-corrected chi connectivity index (χ4v) is 2.29. The number of carbonyl (C=O) groups is 2. The molecule has 0 bridgehead atoms. The van der Waals surface area contributed by atoms with Gasteiger partial charge in [0.05, 0.1) is 32.2 Å². The van der Waals surface area contributed by atoms with Crippen LogP contribution in [0.5, 0.6) is 11.5 Å². The van der Waals surface area contributed by atoms with Gasteiger partial charge in [0.2, 0.25) is 0 Å². The average Bonchev–Trinajstić information content (AvgIpc) is 2.70. The number of carbonyl (C=O) groups excluding carboxylic acids is 2. The van der Waals surface area contributed by atoms with Crippen LogP contribution in [-0.2, 0) is 9.53 Å². The van der Waals surface area contributed by atoms with E-state index in [1.54, 1.807) is 31.2 Å². The molecule has 0 saturated carbocycles. The molecule has 2 aromatic rings. The lowest BCUT2D eigenvalue weighted by Crippen LogP contribution is -2.07. The minimum atomic E-state index is -0.245. The summed E-state index contributed by atoms with van der Waals surface area (Å²) in [6.45, 7) is 2.48. The molecule has 0 aliphatic heterocycles. The predicted molar refractivity (Wildman–Crippen MR) is 102 cm³/mol. The summed E-state index contributed by atoms with van der Waals surface area (Å²) in [5, 5.41) is 0. The van der Waals surface area contributed by atoms with Crippen molar-refractivity contribution in [1.82, 2.24) is 4.98 Å². The number of hydrogen-bond donors (Lipinski definition) is 0. The lowest BCUT2D eigenvalue weighted by molar-refractivity contribution is -0.143. The van der Waals surface area contributed by atoms with Gasteiger partial charge in [-0.1, -0.05) is 30.3 Å². The molecule has 1 aromatic carbocycles. The third-order valence-electron chi connectivity index (χ3n) is 3.62. The van der Waals surface area contributed by atoms with Crippen LogP contribution in [0.3, 0.4) is 0 Å². The van der Waals surface area contributed by atoms with Crippen LogP contribution in [0.25, 0.3) is 6.08 Å². The van der Waals surface area contributed by atoms with Crippen LogP contribution in [0, 0.1) is 0 Å². The van der Waals surface area contributed by atoms with Crippen molar-refractivity contribution >= 4 is 17.8 Å². The van der Waals surface area contributed by atoms with Crippen LogP contribution < -0.4 is 9.47 Å². The summed E-state index contributed by atoms with van der Waals surface area (Å²) < 4.78 is 15.8. The topological polar surface area (TPSA) is 74.7 Å². The third-order valence-corrected chi connectivity index (χ3v) is 3.62. The van der Waals surface area contributed by atoms with Gasteiger partial charge in [0.25, 0.3) is 0 Å². The van der Waals surface area contributed by atoms with Gasteiger partial charge in [-0.2, -0.15) is 0 Å². The molecule has 0 atom stereocenters. The maximum Gasteiger partial charge on any atom is 0.305 e. The molecule has 6 nitrogen and oxygen atoms in total. The first-order chi connectivity index (χ1) is 13.1. The number of ether oxygens (including phenoxy) is 3. The average molecular weight is 369 g/mol. The summed E-state index contributed by atoms with van der Waals surface area (Å²) in [5.41, 5.74) is 1.18. The summed E-state index contributed by atoms with van der Waals surface area (Å²) >= 11 is 0. The van der Waals surface area contributed by atoms with E-state index in [9.17, 15) is 9.59 Å². The number of allylic oxidation sites excluding steroid dienone is 1. The van der Waals surface area contributed by atoms with Crippen LogP contribution in [0.2, 0.25) is 0 Å². The van der Waals surface area contributed by atoms with Gasteiger partial charge in [0, 0.05) is 18.1 Å². The van der Waals surface area contributed by atoms with E-state index in [0.717, 1.165) is 0 Å². The van der Waals surface area contributed by atoms with Crippen molar-refractivity contribution in [2.24, 2.45) is 0 Å². The van der Waals surface area contributed by atoms with Gasteiger partial charge in [-0.05, 0) is 25.5 Å². The van der Waals surface area contributed by atoms with E-state index in [1.165, 1.54) is 19.4 Å². The Morgan fingerprint density at radius 2 is 1.93 bits per heavy atom. The summed E-state index contributed by atoms with van der Waals surface area (Å²) in [6.07, 6.45) is 5.45. The highest BCUT2D eigenvalue weighted by molar-refractivity contribution is 6.06. The van der Waals surface area contributed by atoms with Crippen molar-refractivity contribution in [3.05, 3.63) is 59.9 Å². The smallest absolute Gasteiger partial charge is 0.305 e. The number of ketones is 1. The molecule has 2 rings (SSSR count). The second-order valence-electron chi connectivity index (χ2n) is 5.58. The van der Waals surface area contributed by atoms with Crippen molar-refractivity contribution in [2.45, 2.75) is 19.8 Å². The minimum absolute atomic E-state index is 0.106. The second-order valence-corrected chi connectivity index (χ2v) is 5.58. The van der Waals surface area contributed by atoms with Gasteiger partial charge in [-0.3, -0.25) is 14.6 Å². The van der Waals surface area contributed by atoms with Crippen LogP contribution in [-0.4, -0.2) is 37.1 Å². The molecule has 0 fully saturated rings. The Hall–Kier alpha value is -3.15. The number of rotatable bonds is 10. The fraction of sp³-hybridized carbons (Fsp3) is 0.286. The predicted octanol–water partition coefficient (Wildman–Crippen LogP) is 3.71. The molecular weight excluding hydrogens is 346 g/mol. The zero-order valence-electron chi connectivity index (χ0n) is 15.5. The van der Waals surface area contributed by atoms with Gasteiger partial charge in [-0.15, -0.1) is 0 Å². The zero-order chi connectivity index (χ0) is 19.5. The molecule has 0 amide bonds. The molecule has 27 heavy (non-hydrogen) atoms. The molecular formula is C21H23NO5. The van der Waals surface area contributed by atoms with E-state index in [-0.39, 0.29) is 11.8 Å². The molecule has 0 radical (unpaired) electrons. The lowest BCUT2D eigenvalue weighted by Gasteiger charge is -2.10. The van der Waals surface area contributed by atoms with Gasteiger partial charge >= 0.3 is 5.97 Å². The Morgan fingerprint density at radius 3 is 2.63 bits per heavy atom. The fourth-order valence-electron chi connectivity index (χ4n) is 2.29. The number of hydrogen-bond acceptors (Lipinski definition) is 6. The van der Waals surface area contributed by atoms with Gasteiger partial charge in [-0.25, -0.2) is 0 Å². The standard InChI is InChI=1S/C21H23NO5/c1-3-26-21(24)10-7-13-27-19-14-17(22-15-20(19)25-2)11-12-18(23)16-8-5-4-6-9-16/h4-6,8-9,11-12,14-15H,3,7,10,13H2,1-2H3. The highest BCUT2D eigenvalue weighted by atomic mass is 16.5. The van der Waals surface area contributed by atoms with E-state index in [2.05, 4.69) is 4.98 Å². The molecule has 6 heteroatoms. The molecule has 0 N–H and O–H groups in total. The summed E-state index contributed by atoms with van der Waals surface area (Å²) in [6, 6.07) is 10.7. The molecule has 0 aliphatic rings. The maximum atomic E-state index is 12.1. The second kappa shape index (κ2) is 10.8. The Balaban J connectivity index is 1.98. The van der Waals surface area contributed by atoms with Crippen LogP contribution >= 0.6 is 0 Å². The Morgan fingerprint density at radius 1 is 1.15 bits per heavy atom. The molecule has 142 valence electrons. The van der Waals surface area contributed by atoms with E-state index < -0.39 is 0 Å². The lowest BCUT2D eigenvalue weighted by atomic mass is 10.1. The van der Waals surface area contributed by atoms with Crippen molar-refractivity contribution in [1.29, 1.82) is 0 Å². The van der Waals surface area contributed by atoms with Crippen molar-refractivity contribution < 1.29 is 23.8 Å². The van der Waals surface area contributed by atoms with Gasteiger partial charge in [0.1, 0.15) is 0 Å². The van der Waals surface area contributed by atoms with E-state index in [0.29, 0.717) is 48.8 Å². The first-order valence-corrected chi connectivity index (χ1v) is 8.74. The van der Waals surface area contributed by atoms with Crippen LogP contribution in [0.15, 0.2) is 48.7 Å². The minimum Gasteiger partial charge on any atom is -0.491 e. The van der Waals surface area contributed by atoms with E-state index in [4.69, 9.17) is 14.2 Å². The summed E-state index contributed by atoms with van der Waals surface area (Å²) in [5.74, 6) is 0.636. The highest BCUT2D eigenvalue weighted by Crippen LogP contribution is 2.27. The monoisotopic (exact) mass is 369 g/mol. The Labute approximate surface area is 158 Å². The third kappa shape index (κ3) is 6.58.